The van der Waals surface area contributed by atoms with Gasteiger partial charge in [0.2, 0.25) is 0 Å². The third kappa shape index (κ3) is 8.95. The van der Waals surface area contributed by atoms with Crippen LogP contribution in [0.25, 0.3) is 0 Å². The fourth-order valence-corrected chi connectivity index (χ4v) is 4.76. The summed E-state index contributed by atoms with van der Waals surface area (Å²) >= 11 is 0. The van der Waals surface area contributed by atoms with Crippen molar-refractivity contribution in [1.82, 2.24) is 16.0 Å². The van der Waals surface area contributed by atoms with Gasteiger partial charge in [-0.2, -0.15) is 13.2 Å². The maximum atomic E-state index is 12.6. The van der Waals surface area contributed by atoms with Crippen molar-refractivity contribution < 1.29 is 22.2 Å². The SMILES string of the molecule is CCS(=O)C1CCCC(NC(=NC)NCCNC(=O)c2ccc(C(F)(F)F)cc2)C1.I. The van der Waals surface area contributed by atoms with Crippen molar-refractivity contribution in [2.45, 2.75) is 50.1 Å². The maximum absolute atomic E-state index is 12.6. The number of benzene rings is 1. The molecular formula is C20H30F3IN4O2S. The Labute approximate surface area is 200 Å². The van der Waals surface area contributed by atoms with E-state index >= 15 is 0 Å². The van der Waals surface area contributed by atoms with Gasteiger partial charge in [0.1, 0.15) is 0 Å². The number of hydrogen-bond acceptors (Lipinski definition) is 3. The number of guanidine groups is 1. The van der Waals surface area contributed by atoms with E-state index in [1.807, 2.05) is 6.92 Å². The van der Waals surface area contributed by atoms with Crippen LogP contribution in [0.3, 0.4) is 0 Å². The van der Waals surface area contributed by atoms with Crippen LogP contribution in [-0.2, 0) is 17.0 Å². The molecule has 2 rings (SSSR count). The van der Waals surface area contributed by atoms with E-state index in [1.54, 1.807) is 7.05 Å². The molecule has 0 bridgehead atoms. The van der Waals surface area contributed by atoms with Crippen LogP contribution >= 0.6 is 24.0 Å². The molecule has 3 unspecified atom stereocenters. The number of aliphatic imine (C=N–C) groups is 1. The number of rotatable bonds is 7. The Morgan fingerprint density at radius 1 is 1.16 bits per heavy atom. The van der Waals surface area contributed by atoms with Gasteiger partial charge in [-0.05, 0) is 43.5 Å². The largest absolute Gasteiger partial charge is 0.416 e. The van der Waals surface area contributed by atoms with Gasteiger partial charge in [0.05, 0.1) is 5.56 Å². The summed E-state index contributed by atoms with van der Waals surface area (Å²) in [6.07, 6.45) is -0.588. The van der Waals surface area contributed by atoms with E-state index in [0.717, 1.165) is 49.9 Å². The summed E-state index contributed by atoms with van der Waals surface area (Å²) in [5, 5.41) is 9.32. The van der Waals surface area contributed by atoms with E-state index in [4.69, 9.17) is 0 Å². The second kappa shape index (κ2) is 13.2. The zero-order valence-electron chi connectivity index (χ0n) is 17.6. The van der Waals surface area contributed by atoms with Gasteiger partial charge in [0.15, 0.2) is 5.96 Å². The van der Waals surface area contributed by atoms with Gasteiger partial charge in [-0.25, -0.2) is 0 Å². The van der Waals surface area contributed by atoms with Crippen molar-refractivity contribution in [2.24, 2.45) is 4.99 Å². The molecule has 6 nitrogen and oxygen atoms in total. The minimum atomic E-state index is -4.42. The van der Waals surface area contributed by atoms with E-state index in [2.05, 4.69) is 20.9 Å². The lowest BCUT2D eigenvalue weighted by atomic mass is 9.95. The number of carbonyl (C=O) groups excluding carboxylic acids is 1. The Kier molecular flexibility index (Phi) is 11.8. The fraction of sp³-hybridized carbons (Fsp3) is 0.600. The molecule has 0 heterocycles. The van der Waals surface area contributed by atoms with E-state index < -0.39 is 28.4 Å². The summed E-state index contributed by atoms with van der Waals surface area (Å²) in [7, 11) is 0.855. The molecule has 1 amide bonds. The molecule has 0 radical (unpaired) electrons. The Balaban J connectivity index is 0.00000480. The normalized spacial score (nSPS) is 20.4. The first kappa shape index (κ1) is 27.7. The Bertz CT molecular complexity index is 760. The summed E-state index contributed by atoms with van der Waals surface area (Å²) in [6.45, 7) is 2.63. The molecule has 0 spiro atoms. The highest BCUT2D eigenvalue weighted by atomic mass is 127. The number of halogens is 4. The van der Waals surface area contributed by atoms with Gasteiger partial charge in [0.25, 0.3) is 5.91 Å². The predicted molar refractivity (Wildman–Crippen MR) is 128 cm³/mol. The number of hydrogen-bond donors (Lipinski definition) is 3. The van der Waals surface area contributed by atoms with Crippen LogP contribution in [0.4, 0.5) is 13.2 Å². The molecule has 3 N–H and O–H groups in total. The summed E-state index contributed by atoms with van der Waals surface area (Å²) in [5.74, 6) is 0.834. The highest BCUT2D eigenvalue weighted by molar-refractivity contribution is 14.0. The number of alkyl halides is 3. The van der Waals surface area contributed by atoms with Gasteiger partial charge in [0, 0.05) is 53.5 Å². The molecule has 0 aromatic heterocycles. The smallest absolute Gasteiger partial charge is 0.355 e. The second-order valence-electron chi connectivity index (χ2n) is 7.13. The van der Waals surface area contributed by atoms with Crippen molar-refractivity contribution in [3.63, 3.8) is 0 Å². The van der Waals surface area contributed by atoms with Crippen LogP contribution in [0.2, 0.25) is 0 Å². The number of nitrogens with one attached hydrogen (secondary N) is 3. The number of amides is 1. The van der Waals surface area contributed by atoms with Crippen molar-refractivity contribution in [3.05, 3.63) is 35.4 Å². The molecular weight excluding hydrogens is 544 g/mol. The van der Waals surface area contributed by atoms with Crippen LogP contribution in [0.5, 0.6) is 0 Å². The lowest BCUT2D eigenvalue weighted by molar-refractivity contribution is -0.137. The van der Waals surface area contributed by atoms with Crippen LogP contribution < -0.4 is 16.0 Å². The van der Waals surface area contributed by atoms with Crippen LogP contribution in [-0.4, -0.2) is 53.3 Å². The van der Waals surface area contributed by atoms with Gasteiger partial charge < -0.3 is 16.0 Å². The third-order valence-corrected chi connectivity index (χ3v) is 6.77. The van der Waals surface area contributed by atoms with E-state index in [0.29, 0.717) is 18.3 Å². The van der Waals surface area contributed by atoms with Crippen LogP contribution in [0, 0.1) is 0 Å². The molecule has 1 aliphatic rings. The molecule has 1 aromatic rings. The first-order valence-electron chi connectivity index (χ1n) is 10.0. The lowest BCUT2D eigenvalue weighted by Crippen LogP contribution is -2.48. The second-order valence-corrected chi connectivity index (χ2v) is 9.13. The zero-order valence-corrected chi connectivity index (χ0v) is 20.8. The molecule has 1 aliphatic carbocycles. The third-order valence-electron chi connectivity index (χ3n) is 5.02. The van der Waals surface area contributed by atoms with Crippen molar-refractivity contribution in [1.29, 1.82) is 0 Å². The molecule has 176 valence electrons. The topological polar surface area (TPSA) is 82.6 Å². The molecule has 0 aliphatic heterocycles. The van der Waals surface area contributed by atoms with Crippen LogP contribution in [0.1, 0.15) is 48.5 Å². The highest BCUT2D eigenvalue weighted by Crippen LogP contribution is 2.29. The average molecular weight is 574 g/mol. The van der Waals surface area contributed by atoms with Crippen LogP contribution in [0.15, 0.2) is 29.3 Å². The predicted octanol–water partition coefficient (Wildman–Crippen LogP) is 3.30. The summed E-state index contributed by atoms with van der Waals surface area (Å²) < 4.78 is 49.8. The highest BCUT2D eigenvalue weighted by Gasteiger charge is 2.30. The maximum Gasteiger partial charge on any atom is 0.416 e. The van der Waals surface area contributed by atoms with Gasteiger partial charge >= 0.3 is 6.18 Å². The standard InChI is InChI=1S/C20H29F3N4O2S.HI/c1-3-30(29)17-6-4-5-16(13-17)27-19(24-2)26-12-11-25-18(28)14-7-9-15(10-8-14)20(21,22)23;/h7-10,16-17H,3-6,11-13H2,1-2H3,(H,25,28)(H2,24,26,27);1H. The summed E-state index contributed by atoms with van der Waals surface area (Å²) in [6, 6.07) is 4.30. The van der Waals surface area contributed by atoms with Gasteiger partial charge in [-0.1, -0.05) is 13.3 Å². The zero-order chi connectivity index (χ0) is 22.1. The monoisotopic (exact) mass is 574 g/mol. The molecule has 11 heteroatoms. The van der Waals surface area contributed by atoms with E-state index in [-0.39, 0.29) is 47.4 Å². The van der Waals surface area contributed by atoms with Crippen molar-refractivity contribution in [2.75, 3.05) is 25.9 Å². The number of carbonyl (C=O) groups is 1. The minimum Gasteiger partial charge on any atom is -0.355 e. The first-order chi connectivity index (χ1) is 14.2. The Hall–Kier alpha value is -1.37. The molecule has 0 saturated heterocycles. The molecule has 1 aromatic carbocycles. The summed E-state index contributed by atoms with van der Waals surface area (Å²) in [4.78, 5) is 16.2. The lowest BCUT2D eigenvalue weighted by Gasteiger charge is -2.30. The van der Waals surface area contributed by atoms with Gasteiger partial charge in [-0.3, -0.25) is 14.0 Å². The molecule has 1 saturated carbocycles. The van der Waals surface area contributed by atoms with Gasteiger partial charge in [-0.15, -0.1) is 24.0 Å². The number of nitrogens with zero attached hydrogens (tertiary/aromatic N) is 1. The molecule has 3 atom stereocenters. The Morgan fingerprint density at radius 3 is 2.39 bits per heavy atom. The summed E-state index contributed by atoms with van der Waals surface area (Å²) in [5.41, 5.74) is -0.619. The average Bonchev–Trinajstić information content (AvgIpc) is 2.74. The minimum absolute atomic E-state index is 0. The molecule has 1 fully saturated rings. The molecule has 31 heavy (non-hydrogen) atoms. The van der Waals surface area contributed by atoms with Crippen molar-refractivity contribution >= 4 is 46.6 Å². The van der Waals surface area contributed by atoms with E-state index in [1.165, 1.54) is 0 Å². The van der Waals surface area contributed by atoms with Crippen molar-refractivity contribution in [3.8, 4) is 0 Å². The quantitative estimate of drug-likeness (QED) is 0.202. The Morgan fingerprint density at radius 2 is 1.81 bits per heavy atom. The fourth-order valence-electron chi connectivity index (χ4n) is 3.41. The first-order valence-corrected chi connectivity index (χ1v) is 11.4. The van der Waals surface area contributed by atoms with E-state index in [9.17, 15) is 22.2 Å².